The van der Waals surface area contributed by atoms with Gasteiger partial charge in [-0.3, -0.25) is 14.4 Å². The molecule has 8 aromatic rings. The van der Waals surface area contributed by atoms with E-state index in [1.807, 2.05) is 98.8 Å². The topological polar surface area (TPSA) is 227 Å². The molecule has 16 heteroatoms. The number of halogens is 2. The first-order chi connectivity index (χ1) is 36.7. The first-order valence-corrected chi connectivity index (χ1v) is 25.6. The van der Waals surface area contributed by atoms with Crippen molar-refractivity contribution in [2.24, 2.45) is 34.8 Å². The van der Waals surface area contributed by atoms with Crippen molar-refractivity contribution in [3.63, 3.8) is 0 Å². The predicted molar refractivity (Wildman–Crippen MR) is 292 cm³/mol. The van der Waals surface area contributed by atoms with Crippen molar-refractivity contribution in [3.05, 3.63) is 225 Å². The Kier molecular flexibility index (Phi) is 16.1. The van der Waals surface area contributed by atoms with Gasteiger partial charge >= 0.3 is 0 Å². The third-order valence-corrected chi connectivity index (χ3v) is 14.0. The van der Waals surface area contributed by atoms with Gasteiger partial charge in [0, 0.05) is 19.2 Å². The molecule has 0 bridgehead atoms. The quantitative estimate of drug-likeness (QED) is 0.0409. The van der Waals surface area contributed by atoms with Gasteiger partial charge in [0.05, 0.1) is 40.0 Å². The summed E-state index contributed by atoms with van der Waals surface area (Å²) in [7, 11) is 0. The molecule has 0 radical (unpaired) electrons. The number of aryl methyl sites for hydroxylation is 2. The normalized spacial score (nSPS) is 14.2. The van der Waals surface area contributed by atoms with Crippen LogP contribution in [0.3, 0.4) is 0 Å². The van der Waals surface area contributed by atoms with E-state index in [2.05, 4.69) is 26.1 Å². The summed E-state index contributed by atoms with van der Waals surface area (Å²) in [6.45, 7) is 5.36. The molecule has 2 saturated carbocycles. The summed E-state index contributed by atoms with van der Waals surface area (Å²) in [4.78, 5) is 38.7. The predicted octanol–water partition coefficient (Wildman–Crippen LogP) is 9.64. The molecule has 0 spiro atoms. The standard InChI is InChI=1S/C31H34FN5O.C29H29FN6O2/c1-20-6-10-24(11-7-20)31(34,15-14-22-8-9-22)25-12-13-27(32)28(18-25)35-30(38)29-16-21(2)36-37(29)26-5-3-4-23(17-26)19-33;30-23-12-11-21(27(33-17-18-9-10-18)20-6-2-1-3-7-20)14-24(23)34-29(38)26-15-25(28(32)37)35-36(26)22-8-4-5-19(13-22)16-31/h3-7,10-13,16-18,22H,8-9,14-15,19,33-34H2,1-2H3,(H,35,38);1-8,11-15,18,27,33H,9-10,16-17,31H2,(H2,32,37)(H,34,38). The highest BCUT2D eigenvalue weighted by atomic mass is 19.1. The number of aromatic nitrogens is 4. The van der Waals surface area contributed by atoms with Crippen molar-refractivity contribution in [2.45, 2.75) is 77.0 Å². The van der Waals surface area contributed by atoms with Gasteiger partial charge in [-0.15, -0.1) is 0 Å². The number of nitrogens with one attached hydrogen (secondary N) is 3. The third-order valence-electron chi connectivity index (χ3n) is 14.0. The number of carbonyl (C=O) groups is 3. The van der Waals surface area contributed by atoms with Gasteiger partial charge in [0.1, 0.15) is 23.0 Å². The van der Waals surface area contributed by atoms with Crippen molar-refractivity contribution in [2.75, 3.05) is 17.2 Å². The second kappa shape index (κ2) is 23.2. The lowest BCUT2D eigenvalue weighted by molar-refractivity contribution is 0.0991. The van der Waals surface area contributed by atoms with Crippen LogP contribution in [0.25, 0.3) is 11.4 Å². The zero-order valence-electron chi connectivity index (χ0n) is 42.6. The molecule has 0 saturated heterocycles. The first-order valence-electron chi connectivity index (χ1n) is 25.6. The van der Waals surface area contributed by atoms with E-state index in [1.54, 1.807) is 53.2 Å². The smallest absolute Gasteiger partial charge is 0.274 e. The Morgan fingerprint density at radius 2 is 1.20 bits per heavy atom. The molecule has 11 N–H and O–H groups in total. The molecule has 10 rings (SSSR count). The van der Waals surface area contributed by atoms with Crippen LogP contribution in [0.15, 0.2) is 152 Å². The summed E-state index contributed by atoms with van der Waals surface area (Å²) in [5, 5.41) is 17.7. The van der Waals surface area contributed by atoms with E-state index in [0.29, 0.717) is 41.1 Å². The zero-order valence-corrected chi connectivity index (χ0v) is 42.6. The molecule has 2 aliphatic carbocycles. The van der Waals surface area contributed by atoms with Gasteiger partial charge in [0.25, 0.3) is 17.7 Å². The molecule has 2 fully saturated rings. The average molecular weight is 1020 g/mol. The number of primary amides is 1. The molecule has 2 aromatic heterocycles. The van der Waals surface area contributed by atoms with Gasteiger partial charge in [0.2, 0.25) is 0 Å². The minimum absolute atomic E-state index is 0.0192. The van der Waals surface area contributed by atoms with Gasteiger partial charge < -0.3 is 38.9 Å². The summed E-state index contributed by atoms with van der Waals surface area (Å²) in [6.07, 6.45) is 6.61. The molecule has 6 aromatic carbocycles. The number of amides is 3. The van der Waals surface area contributed by atoms with Crippen molar-refractivity contribution >= 4 is 29.1 Å². The van der Waals surface area contributed by atoms with Crippen molar-refractivity contribution in [1.29, 1.82) is 0 Å². The molecule has 2 unspecified atom stereocenters. The lowest BCUT2D eigenvalue weighted by Crippen LogP contribution is -2.38. The van der Waals surface area contributed by atoms with E-state index >= 15 is 4.39 Å². The molecule has 2 aliphatic rings. The summed E-state index contributed by atoms with van der Waals surface area (Å²) >= 11 is 0. The van der Waals surface area contributed by atoms with Crippen LogP contribution < -0.4 is 38.9 Å². The molecule has 390 valence electrons. The fraction of sp³-hybridized carbons (Fsp3) is 0.250. The Balaban J connectivity index is 0.000000186. The van der Waals surface area contributed by atoms with Gasteiger partial charge in [0.15, 0.2) is 5.69 Å². The highest BCUT2D eigenvalue weighted by molar-refractivity contribution is 6.05. The van der Waals surface area contributed by atoms with E-state index < -0.39 is 34.9 Å². The van der Waals surface area contributed by atoms with Crippen LogP contribution in [-0.4, -0.2) is 43.8 Å². The van der Waals surface area contributed by atoms with Crippen molar-refractivity contribution < 1.29 is 23.2 Å². The lowest BCUT2D eigenvalue weighted by atomic mass is 9.79. The van der Waals surface area contributed by atoms with E-state index in [0.717, 1.165) is 58.3 Å². The van der Waals surface area contributed by atoms with Crippen LogP contribution in [0.4, 0.5) is 20.2 Å². The number of nitrogens with zero attached hydrogens (tertiary/aromatic N) is 4. The van der Waals surface area contributed by atoms with Gasteiger partial charge in [-0.05, 0) is 146 Å². The molecule has 2 heterocycles. The number of hydrogen-bond acceptors (Lipinski definition) is 9. The molecule has 14 nitrogen and oxygen atoms in total. The maximum Gasteiger partial charge on any atom is 0.274 e. The Hall–Kier alpha value is -8.15. The van der Waals surface area contributed by atoms with Crippen LogP contribution >= 0.6 is 0 Å². The molecule has 76 heavy (non-hydrogen) atoms. The second-order valence-electron chi connectivity index (χ2n) is 19.9. The summed E-state index contributed by atoms with van der Waals surface area (Å²) in [5.74, 6) is -1.64. The third kappa shape index (κ3) is 12.5. The summed E-state index contributed by atoms with van der Waals surface area (Å²) in [6, 6.07) is 45.0. The van der Waals surface area contributed by atoms with E-state index in [1.165, 1.54) is 48.6 Å². The van der Waals surface area contributed by atoms with Crippen LogP contribution in [0.1, 0.15) is 121 Å². The fourth-order valence-corrected chi connectivity index (χ4v) is 9.26. The van der Waals surface area contributed by atoms with Crippen LogP contribution in [0.2, 0.25) is 0 Å². The number of nitrogens with two attached hydrogens (primary N) is 4. The molecule has 0 aliphatic heterocycles. The van der Waals surface area contributed by atoms with Crippen LogP contribution in [0.5, 0.6) is 0 Å². The molecule has 2 atom stereocenters. The van der Waals surface area contributed by atoms with Gasteiger partial charge in [-0.1, -0.05) is 109 Å². The Morgan fingerprint density at radius 3 is 1.79 bits per heavy atom. The maximum absolute atomic E-state index is 15.0. The SMILES string of the molecule is Cc1ccc(C(N)(CCC2CC2)c2ccc(F)c(NC(=O)c3cc(C)nn3-c3cccc(CN)c3)c2)cc1.NCc1cccc(-n2nc(C(N)=O)cc2C(=O)Nc2cc(C(NCC3CC3)c3ccccc3)ccc2F)c1. The zero-order chi connectivity index (χ0) is 53.5. The minimum atomic E-state index is -0.801. The average Bonchev–Trinajstić information content (AvgIpc) is 4.37. The number of rotatable bonds is 19. The highest BCUT2D eigenvalue weighted by Gasteiger charge is 2.34. The summed E-state index contributed by atoms with van der Waals surface area (Å²) in [5.41, 5.74) is 32.0. The minimum Gasteiger partial charge on any atom is -0.364 e. The largest absolute Gasteiger partial charge is 0.364 e. The van der Waals surface area contributed by atoms with Crippen LogP contribution in [0, 0.1) is 37.3 Å². The summed E-state index contributed by atoms with van der Waals surface area (Å²) < 4.78 is 32.9. The number of benzene rings is 6. The van der Waals surface area contributed by atoms with E-state index in [9.17, 15) is 18.8 Å². The van der Waals surface area contributed by atoms with Gasteiger partial charge in [-0.25, -0.2) is 18.1 Å². The molecule has 3 amide bonds. The van der Waals surface area contributed by atoms with Crippen molar-refractivity contribution in [1.82, 2.24) is 24.9 Å². The highest BCUT2D eigenvalue weighted by Crippen LogP contribution is 2.41. The van der Waals surface area contributed by atoms with E-state index in [-0.39, 0.29) is 35.3 Å². The van der Waals surface area contributed by atoms with Crippen molar-refractivity contribution in [3.8, 4) is 11.4 Å². The monoisotopic (exact) mass is 1020 g/mol. The number of carbonyl (C=O) groups excluding carboxylic acids is 3. The number of anilines is 2. The van der Waals surface area contributed by atoms with E-state index in [4.69, 9.17) is 22.9 Å². The molecular formula is C60H63F2N11O3. The lowest BCUT2D eigenvalue weighted by Gasteiger charge is -2.32. The fourth-order valence-electron chi connectivity index (χ4n) is 9.26. The first kappa shape index (κ1) is 52.7. The maximum atomic E-state index is 15.0. The van der Waals surface area contributed by atoms with Gasteiger partial charge in [-0.2, -0.15) is 10.2 Å². The molecular weight excluding hydrogens is 961 g/mol. The Labute approximate surface area is 440 Å². The Bertz CT molecular complexity index is 3370. The Morgan fingerprint density at radius 1 is 0.632 bits per heavy atom. The second-order valence-corrected chi connectivity index (χ2v) is 19.9. The van der Waals surface area contributed by atoms with Crippen LogP contribution in [-0.2, 0) is 18.6 Å². The number of hydrogen-bond donors (Lipinski definition) is 7.